The highest BCUT2D eigenvalue weighted by molar-refractivity contribution is 5.68. The summed E-state index contributed by atoms with van der Waals surface area (Å²) < 4.78 is 10.4. The maximum absolute atomic E-state index is 11.6. The summed E-state index contributed by atoms with van der Waals surface area (Å²) in [5, 5.41) is 11.8. The number of aliphatic hydroxyl groups excluding tert-OH is 1. The monoisotopic (exact) mass is 327 g/mol. The van der Waals surface area contributed by atoms with E-state index in [-0.39, 0.29) is 13.2 Å². The minimum Gasteiger partial charge on any atom is -0.496 e. The lowest BCUT2D eigenvalue weighted by Gasteiger charge is -2.07. The van der Waals surface area contributed by atoms with Crippen LogP contribution >= 0.6 is 0 Å². The first-order valence-electron chi connectivity index (χ1n) is 7.62. The van der Waals surface area contributed by atoms with Gasteiger partial charge in [-0.05, 0) is 23.3 Å². The van der Waals surface area contributed by atoms with Gasteiger partial charge < -0.3 is 19.9 Å². The van der Waals surface area contributed by atoms with Gasteiger partial charge in [-0.3, -0.25) is 0 Å². The Morgan fingerprint density at radius 1 is 1.17 bits per heavy atom. The zero-order valence-electron chi connectivity index (χ0n) is 13.6. The predicted octanol–water partition coefficient (Wildman–Crippen LogP) is 3.13. The Kier molecular flexibility index (Phi) is 6.86. The molecule has 2 rings (SSSR count). The fourth-order valence-electron chi connectivity index (χ4n) is 2.11. The van der Waals surface area contributed by atoms with Crippen molar-refractivity contribution in [3.8, 4) is 5.75 Å². The number of nitrogens with one attached hydrogen (secondary N) is 1. The van der Waals surface area contributed by atoms with Crippen LogP contribution in [0.4, 0.5) is 4.79 Å². The lowest BCUT2D eigenvalue weighted by atomic mass is 10.1. The van der Waals surface area contributed by atoms with Crippen molar-refractivity contribution in [3.05, 3.63) is 71.3 Å². The van der Waals surface area contributed by atoms with Gasteiger partial charge in [-0.15, -0.1) is 0 Å². The molecule has 0 heterocycles. The number of benzene rings is 2. The Labute approximate surface area is 141 Å². The van der Waals surface area contributed by atoms with Crippen LogP contribution in [-0.4, -0.2) is 24.9 Å². The Hall–Kier alpha value is -2.79. The van der Waals surface area contributed by atoms with Crippen molar-refractivity contribution in [2.24, 2.45) is 0 Å². The topological polar surface area (TPSA) is 67.8 Å². The number of amides is 1. The first-order valence-corrected chi connectivity index (χ1v) is 7.62. The number of ether oxygens (including phenoxy) is 2. The van der Waals surface area contributed by atoms with Crippen molar-refractivity contribution < 1.29 is 19.4 Å². The van der Waals surface area contributed by atoms with Gasteiger partial charge in [0.1, 0.15) is 12.4 Å². The second kappa shape index (κ2) is 9.37. The maximum atomic E-state index is 11.6. The van der Waals surface area contributed by atoms with Crippen molar-refractivity contribution >= 4 is 12.2 Å². The molecule has 0 bridgehead atoms. The summed E-state index contributed by atoms with van der Waals surface area (Å²) in [6, 6.07) is 14.9. The van der Waals surface area contributed by atoms with Crippen molar-refractivity contribution in [3.63, 3.8) is 0 Å². The van der Waals surface area contributed by atoms with Crippen molar-refractivity contribution in [1.29, 1.82) is 0 Å². The molecule has 0 aliphatic rings. The lowest BCUT2D eigenvalue weighted by molar-refractivity contribution is 0.141. The summed E-state index contributed by atoms with van der Waals surface area (Å²) in [5.41, 5.74) is 2.57. The number of rotatable bonds is 7. The normalized spacial score (nSPS) is 10.6. The standard InChI is InChI=1S/C19H21NO4/c1-23-18-10-9-16(13-21)12-17(18)8-5-11-20-19(22)24-14-15-6-3-2-4-7-15/h2-10,12,21H,11,13-14H2,1H3,(H,20,22). The molecule has 24 heavy (non-hydrogen) atoms. The Morgan fingerprint density at radius 3 is 2.67 bits per heavy atom. The van der Waals surface area contributed by atoms with E-state index in [1.807, 2.05) is 42.5 Å². The SMILES string of the molecule is COc1ccc(CO)cc1C=CCNC(=O)OCc1ccccc1. The number of hydrogen-bond acceptors (Lipinski definition) is 4. The molecule has 0 aliphatic carbocycles. The number of carbonyl (C=O) groups excluding carboxylic acids is 1. The van der Waals surface area contributed by atoms with Crippen LogP contribution in [0.1, 0.15) is 16.7 Å². The summed E-state index contributed by atoms with van der Waals surface area (Å²) in [5.74, 6) is 0.704. The first kappa shape index (κ1) is 17.6. The van der Waals surface area contributed by atoms with Crippen LogP contribution in [0.25, 0.3) is 6.08 Å². The van der Waals surface area contributed by atoms with Crippen LogP contribution < -0.4 is 10.1 Å². The van der Waals surface area contributed by atoms with Crippen LogP contribution in [-0.2, 0) is 18.0 Å². The van der Waals surface area contributed by atoms with Gasteiger partial charge in [0.15, 0.2) is 0 Å². The molecule has 126 valence electrons. The summed E-state index contributed by atoms with van der Waals surface area (Å²) >= 11 is 0. The molecule has 0 radical (unpaired) electrons. The average molecular weight is 327 g/mol. The molecule has 0 aliphatic heterocycles. The molecule has 0 saturated heterocycles. The highest BCUT2D eigenvalue weighted by atomic mass is 16.5. The molecule has 0 aromatic heterocycles. The molecule has 0 unspecified atom stereocenters. The van der Waals surface area contributed by atoms with Gasteiger partial charge in [-0.2, -0.15) is 0 Å². The number of methoxy groups -OCH3 is 1. The molecule has 0 spiro atoms. The number of aliphatic hydroxyl groups is 1. The summed E-state index contributed by atoms with van der Waals surface area (Å²) in [6.45, 7) is 0.539. The number of alkyl carbamates (subject to hydrolysis) is 1. The third-order valence-corrected chi connectivity index (χ3v) is 3.35. The number of carbonyl (C=O) groups is 1. The van der Waals surface area contributed by atoms with Gasteiger partial charge in [0.05, 0.1) is 13.7 Å². The van der Waals surface area contributed by atoms with Crippen LogP contribution in [0.15, 0.2) is 54.6 Å². The van der Waals surface area contributed by atoms with Crippen LogP contribution in [0.3, 0.4) is 0 Å². The van der Waals surface area contributed by atoms with E-state index in [1.54, 1.807) is 25.3 Å². The van der Waals surface area contributed by atoms with E-state index in [0.29, 0.717) is 12.3 Å². The van der Waals surface area contributed by atoms with E-state index in [0.717, 1.165) is 16.7 Å². The maximum Gasteiger partial charge on any atom is 0.407 e. The molecule has 5 nitrogen and oxygen atoms in total. The largest absolute Gasteiger partial charge is 0.496 e. The molecule has 2 aromatic carbocycles. The van der Waals surface area contributed by atoms with Crippen LogP contribution in [0.5, 0.6) is 5.75 Å². The van der Waals surface area contributed by atoms with Crippen molar-refractivity contribution in [1.82, 2.24) is 5.32 Å². The highest BCUT2D eigenvalue weighted by Crippen LogP contribution is 2.21. The quantitative estimate of drug-likeness (QED) is 0.820. The first-order chi connectivity index (χ1) is 11.7. The fraction of sp³-hybridized carbons (Fsp3) is 0.211. The third-order valence-electron chi connectivity index (χ3n) is 3.35. The minimum atomic E-state index is -0.473. The third kappa shape index (κ3) is 5.44. The fourth-order valence-corrected chi connectivity index (χ4v) is 2.11. The van der Waals surface area contributed by atoms with E-state index in [1.165, 1.54) is 0 Å². The lowest BCUT2D eigenvalue weighted by Crippen LogP contribution is -2.24. The van der Waals surface area contributed by atoms with Crippen LogP contribution in [0.2, 0.25) is 0 Å². The molecular weight excluding hydrogens is 306 g/mol. The second-order valence-corrected chi connectivity index (χ2v) is 5.08. The zero-order valence-corrected chi connectivity index (χ0v) is 13.6. The van der Waals surface area contributed by atoms with Gasteiger partial charge in [0, 0.05) is 12.1 Å². The van der Waals surface area contributed by atoms with E-state index in [2.05, 4.69) is 5.32 Å². The number of hydrogen-bond donors (Lipinski definition) is 2. The van der Waals surface area contributed by atoms with E-state index < -0.39 is 6.09 Å². The molecular formula is C19H21NO4. The molecule has 0 saturated carbocycles. The smallest absolute Gasteiger partial charge is 0.407 e. The zero-order chi connectivity index (χ0) is 17.2. The van der Waals surface area contributed by atoms with Crippen LogP contribution in [0, 0.1) is 0 Å². The Bertz CT molecular complexity index is 683. The van der Waals surface area contributed by atoms with Gasteiger partial charge in [0.2, 0.25) is 0 Å². The second-order valence-electron chi connectivity index (χ2n) is 5.08. The molecule has 0 fully saturated rings. The summed E-state index contributed by atoms with van der Waals surface area (Å²) in [6.07, 6.45) is 3.15. The molecule has 2 N–H and O–H groups in total. The summed E-state index contributed by atoms with van der Waals surface area (Å²) in [4.78, 5) is 11.6. The van der Waals surface area contributed by atoms with Gasteiger partial charge in [-0.25, -0.2) is 4.79 Å². The molecule has 2 aromatic rings. The van der Waals surface area contributed by atoms with Crippen molar-refractivity contribution in [2.75, 3.05) is 13.7 Å². The molecule has 1 amide bonds. The van der Waals surface area contributed by atoms with Gasteiger partial charge in [0.25, 0.3) is 0 Å². The van der Waals surface area contributed by atoms with E-state index in [9.17, 15) is 9.90 Å². The summed E-state index contributed by atoms with van der Waals surface area (Å²) in [7, 11) is 1.59. The van der Waals surface area contributed by atoms with Gasteiger partial charge >= 0.3 is 6.09 Å². The van der Waals surface area contributed by atoms with E-state index >= 15 is 0 Å². The Morgan fingerprint density at radius 2 is 1.96 bits per heavy atom. The highest BCUT2D eigenvalue weighted by Gasteiger charge is 2.02. The van der Waals surface area contributed by atoms with Crippen molar-refractivity contribution in [2.45, 2.75) is 13.2 Å². The molecule has 0 atom stereocenters. The van der Waals surface area contributed by atoms with E-state index in [4.69, 9.17) is 9.47 Å². The minimum absolute atomic E-state index is 0.0328. The Balaban J connectivity index is 1.80. The average Bonchev–Trinajstić information content (AvgIpc) is 2.64. The van der Waals surface area contributed by atoms with Gasteiger partial charge in [-0.1, -0.05) is 48.6 Å². The predicted molar refractivity (Wildman–Crippen MR) is 92.6 cm³/mol. The molecule has 5 heteroatoms.